The first-order valence-corrected chi connectivity index (χ1v) is 12.4. The normalized spacial score (nSPS) is 20.8. The van der Waals surface area contributed by atoms with Gasteiger partial charge >= 0.3 is 0 Å². The van der Waals surface area contributed by atoms with Crippen molar-refractivity contribution < 1.29 is 4.79 Å². The van der Waals surface area contributed by atoms with E-state index in [0.717, 1.165) is 63.2 Å². The van der Waals surface area contributed by atoms with E-state index in [2.05, 4.69) is 64.8 Å². The predicted molar refractivity (Wildman–Crippen MR) is 140 cm³/mol. The van der Waals surface area contributed by atoms with Crippen molar-refractivity contribution >= 4 is 33.5 Å². The van der Waals surface area contributed by atoms with Crippen molar-refractivity contribution in [3.63, 3.8) is 0 Å². The molecule has 8 heteroatoms. The van der Waals surface area contributed by atoms with Gasteiger partial charge in [0.25, 0.3) is 0 Å². The highest BCUT2D eigenvalue weighted by atomic mass is 16.1. The minimum absolute atomic E-state index is 0.0595. The largest absolute Gasteiger partial charge is 0.356 e. The van der Waals surface area contributed by atoms with Crippen LogP contribution in [-0.2, 0) is 11.8 Å². The van der Waals surface area contributed by atoms with Gasteiger partial charge in [0, 0.05) is 67.5 Å². The molecule has 0 bridgehead atoms. The highest BCUT2D eigenvalue weighted by Gasteiger charge is 2.56. The number of nitrogens with one attached hydrogen (secondary N) is 1. The van der Waals surface area contributed by atoms with Crippen molar-refractivity contribution in [2.24, 2.45) is 18.9 Å². The summed E-state index contributed by atoms with van der Waals surface area (Å²) >= 11 is 0. The Balaban J connectivity index is 1.25. The van der Waals surface area contributed by atoms with Crippen LogP contribution in [0.2, 0.25) is 0 Å². The Hall–Kier alpha value is -4.20. The molecular weight excluding hydrogens is 450 g/mol. The van der Waals surface area contributed by atoms with Gasteiger partial charge in [0.1, 0.15) is 11.5 Å². The van der Waals surface area contributed by atoms with E-state index in [-0.39, 0.29) is 5.91 Å². The van der Waals surface area contributed by atoms with Gasteiger partial charge < -0.3 is 10.2 Å². The summed E-state index contributed by atoms with van der Waals surface area (Å²) in [5, 5.41) is 15.0. The first-order valence-electron chi connectivity index (χ1n) is 12.4. The zero-order valence-corrected chi connectivity index (χ0v) is 20.5. The third-order valence-electron chi connectivity index (χ3n) is 7.69. The van der Waals surface area contributed by atoms with Gasteiger partial charge in [-0.1, -0.05) is 30.3 Å². The highest BCUT2D eigenvalue weighted by molar-refractivity contribution is 6.03. The number of amides is 1. The quantitative estimate of drug-likeness (QED) is 0.425. The summed E-state index contributed by atoms with van der Waals surface area (Å²) in [4.78, 5) is 18.5. The van der Waals surface area contributed by atoms with Crippen molar-refractivity contribution in [2.75, 3.05) is 18.0 Å². The van der Waals surface area contributed by atoms with E-state index in [1.54, 1.807) is 6.92 Å². The van der Waals surface area contributed by atoms with Crippen LogP contribution >= 0.6 is 0 Å². The molecule has 8 nitrogen and oxygen atoms in total. The monoisotopic (exact) mass is 477 g/mol. The molecule has 1 N–H and O–H groups in total. The molecule has 2 unspecified atom stereocenters. The van der Waals surface area contributed by atoms with Crippen molar-refractivity contribution in [1.29, 1.82) is 0 Å². The molecule has 2 aliphatic rings. The summed E-state index contributed by atoms with van der Waals surface area (Å²) in [6.45, 7) is 5.59. The minimum Gasteiger partial charge on any atom is -0.356 e. The maximum absolute atomic E-state index is 11.4. The van der Waals surface area contributed by atoms with Gasteiger partial charge in [-0.2, -0.15) is 10.2 Å². The number of hydrogen-bond acceptors (Lipinski definition) is 5. The lowest BCUT2D eigenvalue weighted by molar-refractivity contribution is -0.119. The van der Waals surface area contributed by atoms with Crippen molar-refractivity contribution in [3.8, 4) is 16.9 Å². The fourth-order valence-electron chi connectivity index (χ4n) is 5.94. The molecule has 0 radical (unpaired) electrons. The molecule has 1 saturated heterocycles. The van der Waals surface area contributed by atoms with E-state index in [4.69, 9.17) is 10.1 Å². The van der Waals surface area contributed by atoms with Gasteiger partial charge in [-0.3, -0.25) is 9.48 Å². The van der Waals surface area contributed by atoms with E-state index in [9.17, 15) is 4.79 Å². The predicted octanol–water partition coefficient (Wildman–Crippen LogP) is 3.85. The zero-order valence-electron chi connectivity index (χ0n) is 20.5. The molecular formula is C28H27N7O. The second-order valence-electron chi connectivity index (χ2n) is 10.1. The number of anilines is 1. The fourth-order valence-corrected chi connectivity index (χ4v) is 5.94. The van der Waals surface area contributed by atoms with Gasteiger partial charge in [-0.15, -0.1) is 0 Å². The van der Waals surface area contributed by atoms with Crippen molar-refractivity contribution in [1.82, 2.24) is 29.9 Å². The van der Waals surface area contributed by atoms with Crippen LogP contribution in [0.4, 0.5) is 5.82 Å². The molecule has 36 heavy (non-hydrogen) atoms. The van der Waals surface area contributed by atoms with Crippen LogP contribution in [0.1, 0.15) is 12.5 Å². The van der Waals surface area contributed by atoms with E-state index in [1.807, 2.05) is 34.7 Å². The summed E-state index contributed by atoms with van der Waals surface area (Å²) in [7, 11) is 1.95. The second kappa shape index (κ2) is 7.65. The summed E-state index contributed by atoms with van der Waals surface area (Å²) in [5.41, 5.74) is 6.16. The first kappa shape index (κ1) is 21.1. The molecule has 1 saturated carbocycles. The Morgan fingerprint density at radius 1 is 1.00 bits per heavy atom. The first-order chi connectivity index (χ1) is 17.5. The maximum Gasteiger partial charge on any atom is 0.217 e. The van der Waals surface area contributed by atoms with Crippen LogP contribution in [0, 0.1) is 18.8 Å². The Morgan fingerprint density at radius 2 is 1.81 bits per heavy atom. The molecule has 4 heterocycles. The van der Waals surface area contributed by atoms with Gasteiger partial charge in [0.2, 0.25) is 5.91 Å². The molecule has 2 atom stereocenters. The van der Waals surface area contributed by atoms with Crippen LogP contribution in [0.3, 0.4) is 0 Å². The van der Waals surface area contributed by atoms with Crippen molar-refractivity contribution in [3.05, 3.63) is 66.5 Å². The van der Waals surface area contributed by atoms with Gasteiger partial charge in [-0.05, 0) is 30.7 Å². The van der Waals surface area contributed by atoms with E-state index >= 15 is 0 Å². The molecule has 3 aromatic heterocycles. The second-order valence-corrected chi connectivity index (χ2v) is 10.1. The number of nitrogens with zero attached hydrogens (tertiary/aromatic N) is 6. The number of rotatable bonds is 4. The number of piperidine rings is 1. The number of benzene rings is 2. The van der Waals surface area contributed by atoms with Crippen LogP contribution in [-0.4, -0.2) is 49.6 Å². The molecule has 1 amide bonds. The Kier molecular flexibility index (Phi) is 4.49. The van der Waals surface area contributed by atoms with Crippen LogP contribution in [0.25, 0.3) is 38.8 Å². The molecule has 1 aliphatic heterocycles. The lowest BCUT2D eigenvalue weighted by atomic mass is 10.0. The van der Waals surface area contributed by atoms with Crippen LogP contribution in [0.15, 0.2) is 60.9 Å². The molecule has 1 aliphatic carbocycles. The molecule has 0 spiro atoms. The maximum atomic E-state index is 11.4. The number of carbonyl (C=O) groups is 1. The Bertz CT molecular complexity index is 1640. The fraction of sp³-hybridized carbons (Fsp3) is 0.286. The lowest BCUT2D eigenvalue weighted by Crippen LogP contribution is -2.33. The molecule has 180 valence electrons. The number of para-hydroxylation sites is 1. The zero-order chi connectivity index (χ0) is 24.6. The number of carbonyl (C=O) groups excluding carboxylic acids is 1. The molecule has 2 fully saturated rings. The SMILES string of the molecule is CC(=O)NC1C2CN(c3ccc(-n4nc(-c5cccc6nn(C)cc56)c5cccc(C)c54)cn3)CC21. The average molecular weight is 478 g/mol. The summed E-state index contributed by atoms with van der Waals surface area (Å²) in [5.74, 6) is 2.10. The minimum atomic E-state index is 0.0595. The average Bonchev–Trinajstić information content (AvgIpc) is 3.28. The van der Waals surface area contributed by atoms with Gasteiger partial charge in [-0.25, -0.2) is 9.67 Å². The van der Waals surface area contributed by atoms with E-state index < -0.39 is 0 Å². The van der Waals surface area contributed by atoms with Gasteiger partial charge in [0.05, 0.1) is 22.9 Å². The number of fused-ring (bicyclic) bond motifs is 3. The smallest absolute Gasteiger partial charge is 0.217 e. The third kappa shape index (κ3) is 3.21. The Labute approximate surface area is 208 Å². The number of hydrogen-bond donors (Lipinski definition) is 1. The number of pyridine rings is 1. The molecule has 5 aromatic rings. The summed E-state index contributed by atoms with van der Waals surface area (Å²) in [6.07, 6.45) is 3.97. The van der Waals surface area contributed by atoms with Crippen LogP contribution in [0.5, 0.6) is 0 Å². The van der Waals surface area contributed by atoms with Crippen LogP contribution < -0.4 is 10.2 Å². The number of aryl methyl sites for hydroxylation is 2. The van der Waals surface area contributed by atoms with E-state index in [0.29, 0.717) is 17.9 Å². The molecule has 2 aromatic carbocycles. The van der Waals surface area contributed by atoms with E-state index in [1.165, 1.54) is 0 Å². The van der Waals surface area contributed by atoms with Crippen molar-refractivity contribution in [2.45, 2.75) is 19.9 Å². The highest BCUT2D eigenvalue weighted by Crippen LogP contribution is 2.46. The Morgan fingerprint density at radius 3 is 2.56 bits per heavy atom. The summed E-state index contributed by atoms with van der Waals surface area (Å²) < 4.78 is 3.86. The molecule has 7 rings (SSSR count). The van der Waals surface area contributed by atoms with Gasteiger partial charge in [0.15, 0.2) is 0 Å². The topological polar surface area (TPSA) is 80.9 Å². The lowest BCUT2D eigenvalue weighted by Gasteiger charge is -2.21. The summed E-state index contributed by atoms with van der Waals surface area (Å²) in [6, 6.07) is 17.1. The standard InChI is InChI=1S/C28H27N7O/c1-16-6-4-8-20-27(19-7-5-9-24-21(19)13-33(3)31-24)32-35(28(16)20)18-10-11-25(29-12-18)34-14-22-23(15-34)26(22)30-17(2)36/h4-13,22-23,26H,14-15H2,1-3H3,(H,30,36). The third-order valence-corrected chi connectivity index (χ3v) is 7.69. The number of aromatic nitrogens is 5.